The zero-order valence-corrected chi connectivity index (χ0v) is 11.6. The van der Waals surface area contributed by atoms with E-state index in [1.807, 2.05) is 19.3 Å². The van der Waals surface area contributed by atoms with E-state index in [0.29, 0.717) is 25.8 Å². The average molecular weight is 280 g/mol. The third-order valence-corrected chi connectivity index (χ3v) is 3.65. The second kappa shape index (κ2) is 5.94. The first kappa shape index (κ1) is 14.4. The van der Waals surface area contributed by atoms with Gasteiger partial charge in [0, 0.05) is 26.2 Å². The van der Waals surface area contributed by atoms with Crippen molar-refractivity contribution in [3.05, 3.63) is 18.0 Å². The third kappa shape index (κ3) is 3.28. The van der Waals surface area contributed by atoms with Crippen LogP contribution in [0.15, 0.2) is 12.3 Å². The number of nitrogens with one attached hydrogen (secondary N) is 2. The first-order chi connectivity index (χ1) is 9.52. The molecule has 1 heterocycles. The molecule has 0 radical (unpaired) electrons. The van der Waals surface area contributed by atoms with Crippen LogP contribution in [0.1, 0.15) is 31.4 Å². The smallest absolute Gasteiger partial charge is 0.329 e. The van der Waals surface area contributed by atoms with E-state index in [-0.39, 0.29) is 0 Å². The van der Waals surface area contributed by atoms with Crippen molar-refractivity contribution >= 4 is 12.0 Å². The Labute approximate surface area is 117 Å². The molecule has 20 heavy (non-hydrogen) atoms. The van der Waals surface area contributed by atoms with Gasteiger partial charge in [0.05, 0.1) is 5.69 Å². The Morgan fingerprint density at radius 3 is 2.70 bits per heavy atom. The van der Waals surface area contributed by atoms with E-state index in [4.69, 9.17) is 0 Å². The summed E-state index contributed by atoms with van der Waals surface area (Å²) in [5, 5.41) is 18.8. The Morgan fingerprint density at radius 1 is 1.45 bits per heavy atom. The highest BCUT2D eigenvalue weighted by atomic mass is 16.4. The maximum Gasteiger partial charge on any atom is 0.329 e. The largest absolute Gasteiger partial charge is 0.480 e. The number of nitrogens with zero attached hydrogens (tertiary/aromatic N) is 2. The lowest BCUT2D eigenvalue weighted by Gasteiger charge is -2.25. The van der Waals surface area contributed by atoms with Gasteiger partial charge in [-0.25, -0.2) is 9.59 Å². The fourth-order valence-corrected chi connectivity index (χ4v) is 2.53. The highest BCUT2D eigenvalue weighted by Gasteiger charge is 2.42. The molecule has 0 bridgehead atoms. The standard InChI is InChI=1S/C13H20N4O3/c1-17-9-5-10(16-17)4-8-14-12(20)15-13(11(18)19)6-2-3-7-13/h5,9H,2-4,6-8H2,1H3,(H,18,19)(H2,14,15,20). The molecule has 1 aromatic rings. The number of aliphatic carboxylic acids is 1. The maximum absolute atomic E-state index is 11.8. The lowest BCUT2D eigenvalue weighted by molar-refractivity contribution is -0.144. The molecule has 0 spiro atoms. The molecule has 7 nitrogen and oxygen atoms in total. The Balaban J connectivity index is 1.78. The molecule has 110 valence electrons. The van der Waals surface area contributed by atoms with E-state index in [9.17, 15) is 14.7 Å². The molecule has 1 fully saturated rings. The lowest BCUT2D eigenvalue weighted by Crippen LogP contribution is -2.55. The number of hydrogen-bond acceptors (Lipinski definition) is 3. The van der Waals surface area contributed by atoms with Crippen LogP contribution in [0.25, 0.3) is 0 Å². The first-order valence-electron chi connectivity index (χ1n) is 6.80. The van der Waals surface area contributed by atoms with Gasteiger partial charge in [-0.1, -0.05) is 12.8 Å². The summed E-state index contributed by atoms with van der Waals surface area (Å²) in [6.45, 7) is 0.429. The molecule has 0 atom stereocenters. The summed E-state index contributed by atoms with van der Waals surface area (Å²) in [6.07, 6.45) is 5.12. The topological polar surface area (TPSA) is 96.2 Å². The van der Waals surface area contributed by atoms with Crippen molar-refractivity contribution in [2.45, 2.75) is 37.6 Å². The molecule has 1 aliphatic rings. The second-order valence-corrected chi connectivity index (χ2v) is 5.21. The number of carboxylic acids is 1. The minimum Gasteiger partial charge on any atom is -0.480 e. The van der Waals surface area contributed by atoms with Gasteiger partial charge in [-0.15, -0.1) is 0 Å². The SMILES string of the molecule is Cn1ccc(CCNC(=O)NC2(C(=O)O)CCCC2)n1. The summed E-state index contributed by atoms with van der Waals surface area (Å²) in [5.74, 6) is -0.949. The van der Waals surface area contributed by atoms with Crippen LogP contribution in [0.3, 0.4) is 0 Å². The molecule has 7 heteroatoms. The van der Waals surface area contributed by atoms with Crippen molar-refractivity contribution in [1.82, 2.24) is 20.4 Å². The quantitative estimate of drug-likeness (QED) is 0.738. The number of carbonyl (C=O) groups is 2. The van der Waals surface area contributed by atoms with Gasteiger partial charge in [-0.3, -0.25) is 4.68 Å². The van der Waals surface area contributed by atoms with Gasteiger partial charge in [0.15, 0.2) is 0 Å². The number of carboxylic acid groups (broad SMARTS) is 1. The van der Waals surface area contributed by atoms with Gasteiger partial charge in [-0.2, -0.15) is 5.10 Å². The van der Waals surface area contributed by atoms with Crippen LogP contribution in [0.5, 0.6) is 0 Å². The van der Waals surface area contributed by atoms with E-state index in [1.165, 1.54) is 0 Å². The molecule has 1 aromatic heterocycles. The van der Waals surface area contributed by atoms with Crippen LogP contribution < -0.4 is 10.6 Å². The molecule has 0 saturated heterocycles. The first-order valence-corrected chi connectivity index (χ1v) is 6.80. The summed E-state index contributed by atoms with van der Waals surface area (Å²) in [5.41, 5.74) is -0.198. The normalized spacial score (nSPS) is 16.9. The maximum atomic E-state index is 11.8. The highest BCUT2D eigenvalue weighted by Crippen LogP contribution is 2.29. The molecule has 1 saturated carbocycles. The minimum absolute atomic E-state index is 0.426. The highest BCUT2D eigenvalue weighted by molar-refractivity contribution is 5.86. The fourth-order valence-electron chi connectivity index (χ4n) is 2.53. The average Bonchev–Trinajstić information content (AvgIpc) is 2.99. The number of aromatic nitrogens is 2. The van der Waals surface area contributed by atoms with Crippen molar-refractivity contribution < 1.29 is 14.7 Å². The molecule has 2 rings (SSSR count). The van der Waals surface area contributed by atoms with Gasteiger partial charge in [-0.05, 0) is 18.9 Å². The predicted octanol–water partition coefficient (Wildman–Crippen LogP) is 0.659. The summed E-state index contributed by atoms with van der Waals surface area (Å²) in [7, 11) is 1.83. The Bertz CT molecular complexity index is 492. The van der Waals surface area contributed by atoms with E-state index in [2.05, 4.69) is 15.7 Å². The summed E-state index contributed by atoms with van der Waals surface area (Å²) < 4.78 is 1.70. The Hall–Kier alpha value is -2.05. The van der Waals surface area contributed by atoms with Crippen LogP contribution in [0, 0.1) is 0 Å². The van der Waals surface area contributed by atoms with Gasteiger partial charge in [0.25, 0.3) is 0 Å². The van der Waals surface area contributed by atoms with E-state index in [1.54, 1.807) is 4.68 Å². The van der Waals surface area contributed by atoms with Gasteiger partial charge in [0.2, 0.25) is 0 Å². The minimum atomic E-state index is -1.09. The van der Waals surface area contributed by atoms with Crippen molar-refractivity contribution in [3.8, 4) is 0 Å². The Kier molecular flexibility index (Phi) is 4.26. The van der Waals surface area contributed by atoms with E-state index in [0.717, 1.165) is 18.5 Å². The van der Waals surface area contributed by atoms with Crippen molar-refractivity contribution in [2.24, 2.45) is 7.05 Å². The molecular weight excluding hydrogens is 260 g/mol. The molecular formula is C13H20N4O3. The molecule has 2 amide bonds. The molecule has 0 unspecified atom stereocenters. The number of hydrogen-bond donors (Lipinski definition) is 3. The monoisotopic (exact) mass is 280 g/mol. The fraction of sp³-hybridized carbons (Fsp3) is 0.615. The van der Waals surface area contributed by atoms with Gasteiger partial charge >= 0.3 is 12.0 Å². The van der Waals surface area contributed by atoms with Crippen molar-refractivity contribution in [2.75, 3.05) is 6.54 Å². The molecule has 1 aliphatic carbocycles. The van der Waals surface area contributed by atoms with Gasteiger partial charge in [0.1, 0.15) is 5.54 Å². The van der Waals surface area contributed by atoms with Crippen LogP contribution in [-0.4, -0.2) is 39.0 Å². The second-order valence-electron chi connectivity index (χ2n) is 5.21. The van der Waals surface area contributed by atoms with Gasteiger partial charge < -0.3 is 15.7 Å². The Morgan fingerprint density at radius 2 is 2.15 bits per heavy atom. The van der Waals surface area contributed by atoms with E-state index < -0.39 is 17.5 Å². The third-order valence-electron chi connectivity index (χ3n) is 3.65. The number of rotatable bonds is 5. The van der Waals surface area contributed by atoms with Crippen molar-refractivity contribution in [1.29, 1.82) is 0 Å². The summed E-state index contributed by atoms with van der Waals surface area (Å²) in [6, 6.07) is 1.46. The van der Waals surface area contributed by atoms with Crippen LogP contribution in [0.2, 0.25) is 0 Å². The summed E-state index contributed by atoms with van der Waals surface area (Å²) in [4.78, 5) is 23.1. The van der Waals surface area contributed by atoms with Crippen LogP contribution >= 0.6 is 0 Å². The number of urea groups is 1. The number of amides is 2. The zero-order chi connectivity index (χ0) is 14.6. The van der Waals surface area contributed by atoms with E-state index >= 15 is 0 Å². The number of carbonyl (C=O) groups excluding carboxylic acids is 1. The summed E-state index contributed by atoms with van der Waals surface area (Å²) >= 11 is 0. The lowest BCUT2D eigenvalue weighted by atomic mass is 9.98. The van der Waals surface area contributed by atoms with Crippen molar-refractivity contribution in [3.63, 3.8) is 0 Å². The molecule has 3 N–H and O–H groups in total. The molecule has 0 aromatic carbocycles. The van der Waals surface area contributed by atoms with Crippen LogP contribution in [-0.2, 0) is 18.3 Å². The predicted molar refractivity (Wildman–Crippen MR) is 72.3 cm³/mol. The number of aryl methyl sites for hydroxylation is 1. The zero-order valence-electron chi connectivity index (χ0n) is 11.6. The van der Waals surface area contributed by atoms with Crippen LogP contribution in [0.4, 0.5) is 4.79 Å². The molecule has 0 aliphatic heterocycles.